The molecule has 2 heterocycles. The number of hydrogen-bond acceptors (Lipinski definition) is 6. The van der Waals surface area contributed by atoms with Crippen LogP contribution in [0.3, 0.4) is 0 Å². The number of nitrogens with zero attached hydrogens (tertiary/aromatic N) is 1. The Morgan fingerprint density at radius 1 is 1.50 bits per heavy atom. The largest absolute Gasteiger partial charge is 0.447 e. The van der Waals surface area contributed by atoms with Gasteiger partial charge in [-0.05, 0) is 0 Å². The van der Waals surface area contributed by atoms with Crippen LogP contribution in [0.5, 0.6) is 0 Å². The lowest BCUT2D eigenvalue weighted by Gasteiger charge is -2.17. The second-order valence-electron chi connectivity index (χ2n) is 5.15. The van der Waals surface area contributed by atoms with Crippen LogP contribution >= 0.6 is 0 Å². The molecule has 8 heteroatoms. The van der Waals surface area contributed by atoms with Crippen molar-refractivity contribution in [2.24, 2.45) is 0 Å². The van der Waals surface area contributed by atoms with Gasteiger partial charge in [0.2, 0.25) is 0 Å². The van der Waals surface area contributed by atoms with Crippen LogP contribution < -0.4 is 5.32 Å². The zero-order chi connectivity index (χ0) is 14.9. The molecule has 1 fully saturated rings. The van der Waals surface area contributed by atoms with Gasteiger partial charge in [-0.2, -0.15) is 0 Å². The van der Waals surface area contributed by atoms with Crippen molar-refractivity contribution in [1.29, 1.82) is 0 Å². The summed E-state index contributed by atoms with van der Waals surface area (Å²) >= 11 is 0. The fourth-order valence-electron chi connectivity index (χ4n) is 2.25. The van der Waals surface area contributed by atoms with E-state index in [4.69, 9.17) is 9.15 Å². The van der Waals surface area contributed by atoms with Gasteiger partial charge in [-0.3, -0.25) is 4.79 Å². The van der Waals surface area contributed by atoms with Gasteiger partial charge in [0.1, 0.15) is 5.76 Å². The fraction of sp³-hybridized carbons (Fsp3) is 0.667. The number of amides is 1. The van der Waals surface area contributed by atoms with Crippen LogP contribution in [0.25, 0.3) is 0 Å². The van der Waals surface area contributed by atoms with Crippen molar-refractivity contribution in [3.8, 4) is 0 Å². The summed E-state index contributed by atoms with van der Waals surface area (Å²) in [5, 5.41) is 2.67. The van der Waals surface area contributed by atoms with Gasteiger partial charge in [0, 0.05) is 13.0 Å². The first-order valence-corrected chi connectivity index (χ1v) is 8.13. The second-order valence-corrected chi connectivity index (χ2v) is 7.30. The predicted molar refractivity (Wildman–Crippen MR) is 71.3 cm³/mol. The van der Waals surface area contributed by atoms with E-state index in [2.05, 4.69) is 10.3 Å². The summed E-state index contributed by atoms with van der Waals surface area (Å²) in [5.41, 5.74) is 0.194. The molecule has 2 rings (SSSR count). The number of carbonyl (C=O) groups excluding carboxylic acids is 1. The van der Waals surface area contributed by atoms with E-state index in [-0.39, 0.29) is 23.1 Å². The number of nitrogens with one attached hydrogen (secondary N) is 1. The van der Waals surface area contributed by atoms with E-state index in [0.717, 1.165) is 0 Å². The predicted octanol–water partition coefficient (Wildman–Crippen LogP) is 0.340. The topological polar surface area (TPSA) is 98.5 Å². The number of oxazole rings is 1. The van der Waals surface area contributed by atoms with Gasteiger partial charge in [-0.25, -0.2) is 13.4 Å². The minimum Gasteiger partial charge on any atom is -0.447 e. The molecule has 20 heavy (non-hydrogen) atoms. The molecule has 2 atom stereocenters. The third kappa shape index (κ3) is 3.01. The Morgan fingerprint density at radius 3 is 2.80 bits per heavy atom. The number of sulfone groups is 1. The van der Waals surface area contributed by atoms with Crippen LogP contribution in [0.4, 0.5) is 0 Å². The molecule has 1 aliphatic heterocycles. The molecule has 1 saturated heterocycles. The zero-order valence-corrected chi connectivity index (χ0v) is 12.4. The van der Waals surface area contributed by atoms with Gasteiger partial charge in [0.15, 0.2) is 21.9 Å². The zero-order valence-electron chi connectivity index (χ0n) is 11.6. The minimum absolute atomic E-state index is 0.0174. The van der Waals surface area contributed by atoms with Crippen molar-refractivity contribution >= 4 is 15.7 Å². The van der Waals surface area contributed by atoms with Crippen molar-refractivity contribution in [2.45, 2.75) is 31.9 Å². The Hall–Kier alpha value is -1.41. The van der Waals surface area contributed by atoms with Gasteiger partial charge in [-0.15, -0.1) is 0 Å². The second kappa shape index (κ2) is 5.53. The number of aromatic nitrogens is 1. The van der Waals surface area contributed by atoms with Crippen LogP contribution in [0.2, 0.25) is 0 Å². The summed E-state index contributed by atoms with van der Waals surface area (Å²) in [6, 6.07) is -0.561. The summed E-state index contributed by atoms with van der Waals surface area (Å²) in [7, 11) is -1.75. The van der Waals surface area contributed by atoms with Crippen molar-refractivity contribution in [2.75, 3.05) is 18.6 Å². The summed E-state index contributed by atoms with van der Waals surface area (Å²) in [4.78, 5) is 16.1. The van der Waals surface area contributed by atoms with E-state index in [9.17, 15) is 13.2 Å². The average Bonchev–Trinajstić information content (AvgIpc) is 2.93. The molecule has 1 aliphatic rings. The summed E-state index contributed by atoms with van der Waals surface area (Å²) in [6.45, 7) is 3.77. The molecule has 1 N–H and O–H groups in total. The molecule has 0 bridgehead atoms. The van der Waals surface area contributed by atoms with E-state index in [1.807, 2.05) is 13.8 Å². The first-order chi connectivity index (χ1) is 9.34. The molecule has 7 nitrogen and oxygen atoms in total. The Bertz CT molecular complexity index is 593. The van der Waals surface area contributed by atoms with E-state index in [1.165, 1.54) is 13.5 Å². The Kier molecular flexibility index (Phi) is 4.14. The summed E-state index contributed by atoms with van der Waals surface area (Å²) in [5.74, 6) is -0.135. The molecule has 0 radical (unpaired) electrons. The van der Waals surface area contributed by atoms with Gasteiger partial charge in [0.25, 0.3) is 5.91 Å². The molecule has 1 amide bonds. The number of rotatable bonds is 4. The smallest absolute Gasteiger partial charge is 0.273 e. The van der Waals surface area contributed by atoms with Crippen molar-refractivity contribution in [3.63, 3.8) is 0 Å². The molecule has 0 aromatic carbocycles. The van der Waals surface area contributed by atoms with Crippen LogP contribution in [-0.4, -0.2) is 50.1 Å². The molecule has 0 aliphatic carbocycles. The fourth-order valence-corrected chi connectivity index (χ4v) is 4.10. The summed E-state index contributed by atoms with van der Waals surface area (Å²) < 4.78 is 33.5. The molecule has 0 spiro atoms. The highest BCUT2D eigenvalue weighted by atomic mass is 32.2. The molecule has 0 saturated carbocycles. The molecule has 0 unspecified atom stereocenters. The highest BCUT2D eigenvalue weighted by Gasteiger charge is 2.39. The third-order valence-electron chi connectivity index (χ3n) is 3.25. The minimum atomic E-state index is -3.18. The Balaban J connectivity index is 2.13. The lowest BCUT2D eigenvalue weighted by atomic mass is 10.1. The van der Waals surface area contributed by atoms with Gasteiger partial charge in [0.05, 0.1) is 23.7 Å². The molecular formula is C12H18N2O5S. The van der Waals surface area contributed by atoms with Crippen molar-refractivity contribution in [1.82, 2.24) is 10.3 Å². The van der Waals surface area contributed by atoms with Crippen molar-refractivity contribution in [3.05, 3.63) is 17.8 Å². The normalized spacial score (nSPS) is 25.0. The molecule has 1 aromatic rings. The number of methoxy groups -OCH3 is 1. The van der Waals surface area contributed by atoms with Crippen molar-refractivity contribution < 1.29 is 22.4 Å². The lowest BCUT2D eigenvalue weighted by Crippen LogP contribution is -2.43. The van der Waals surface area contributed by atoms with Gasteiger partial charge in [-0.1, -0.05) is 13.8 Å². The number of hydrogen-bond donors (Lipinski definition) is 1. The van der Waals surface area contributed by atoms with E-state index >= 15 is 0 Å². The van der Waals surface area contributed by atoms with Crippen LogP contribution in [-0.2, 0) is 14.6 Å². The lowest BCUT2D eigenvalue weighted by molar-refractivity contribution is 0.0781. The molecule has 1 aromatic heterocycles. The molecular weight excluding hydrogens is 284 g/mol. The van der Waals surface area contributed by atoms with E-state index < -0.39 is 27.9 Å². The summed E-state index contributed by atoms with van der Waals surface area (Å²) in [6.07, 6.45) is 0.682. The van der Waals surface area contributed by atoms with Gasteiger partial charge >= 0.3 is 0 Å². The Labute approximate surface area is 117 Å². The third-order valence-corrected chi connectivity index (χ3v) is 4.96. The monoisotopic (exact) mass is 302 g/mol. The van der Waals surface area contributed by atoms with Crippen LogP contribution in [0.15, 0.2) is 10.8 Å². The quantitative estimate of drug-likeness (QED) is 0.861. The number of carbonyl (C=O) groups is 1. The van der Waals surface area contributed by atoms with Crippen LogP contribution in [0.1, 0.15) is 36.0 Å². The molecule has 112 valence electrons. The SMILES string of the molecule is CO[C@@H]1CS(=O)(=O)C[C@H]1NC(=O)c1ncoc1C(C)C. The maximum absolute atomic E-state index is 12.2. The average molecular weight is 302 g/mol. The highest BCUT2D eigenvalue weighted by Crippen LogP contribution is 2.20. The standard InChI is InChI=1S/C12H18N2O5S/c1-7(2)11-10(13-6-19-11)12(15)14-8-4-20(16,17)5-9(8)18-3/h6-9H,4-5H2,1-3H3,(H,14,15)/t8-,9-/m1/s1. The van der Waals surface area contributed by atoms with E-state index in [0.29, 0.717) is 5.76 Å². The highest BCUT2D eigenvalue weighted by molar-refractivity contribution is 7.91. The first-order valence-electron chi connectivity index (χ1n) is 6.31. The maximum atomic E-state index is 12.2. The van der Waals surface area contributed by atoms with E-state index in [1.54, 1.807) is 0 Å². The first kappa shape index (κ1) is 15.0. The Morgan fingerprint density at radius 2 is 2.20 bits per heavy atom. The van der Waals surface area contributed by atoms with Gasteiger partial charge < -0.3 is 14.5 Å². The van der Waals surface area contributed by atoms with Crippen LogP contribution in [0, 0.1) is 0 Å². The maximum Gasteiger partial charge on any atom is 0.273 e. The number of ether oxygens (including phenoxy) is 1.